The molecular formula is C15H22N2O4. The third kappa shape index (κ3) is 3.79. The van der Waals surface area contributed by atoms with Crippen LogP contribution in [0, 0.1) is 0 Å². The van der Waals surface area contributed by atoms with Crippen LogP contribution < -0.4 is 10.6 Å². The van der Waals surface area contributed by atoms with Crippen molar-refractivity contribution in [2.75, 3.05) is 6.61 Å². The maximum absolute atomic E-state index is 11.3. The van der Waals surface area contributed by atoms with E-state index in [4.69, 9.17) is 0 Å². The molecule has 1 aliphatic rings. The molecule has 1 aromatic rings. The lowest BCUT2D eigenvalue weighted by Gasteiger charge is -2.43. The highest BCUT2D eigenvalue weighted by atomic mass is 16.3. The lowest BCUT2D eigenvalue weighted by atomic mass is 9.85. The van der Waals surface area contributed by atoms with Crippen molar-refractivity contribution in [3.8, 4) is 0 Å². The van der Waals surface area contributed by atoms with Crippen LogP contribution >= 0.6 is 0 Å². The number of amides is 1. The zero-order chi connectivity index (χ0) is 15.4. The van der Waals surface area contributed by atoms with Crippen LogP contribution in [-0.4, -0.2) is 58.2 Å². The van der Waals surface area contributed by atoms with Gasteiger partial charge in [-0.25, -0.2) is 0 Å². The topological polar surface area (TPSA) is 102 Å². The predicted molar refractivity (Wildman–Crippen MR) is 77.6 cm³/mol. The monoisotopic (exact) mass is 294 g/mol. The fraction of sp³-hybridized carbons (Fsp3) is 0.533. The summed E-state index contributed by atoms with van der Waals surface area (Å²) >= 11 is 0. The van der Waals surface area contributed by atoms with Crippen LogP contribution in [0.25, 0.3) is 0 Å². The zero-order valence-corrected chi connectivity index (χ0v) is 11.9. The summed E-state index contributed by atoms with van der Waals surface area (Å²) in [6.45, 7) is 1.09. The van der Waals surface area contributed by atoms with E-state index in [1.165, 1.54) is 6.92 Å². The van der Waals surface area contributed by atoms with Gasteiger partial charge in [-0.2, -0.15) is 0 Å². The van der Waals surface area contributed by atoms with E-state index in [9.17, 15) is 20.1 Å². The average molecular weight is 294 g/mol. The summed E-state index contributed by atoms with van der Waals surface area (Å²) < 4.78 is 0. The largest absolute Gasteiger partial charge is 0.395 e. The molecule has 1 saturated heterocycles. The standard InChI is InChI=1S/C15H22N2O4/c1-9(19)16-13-11(7-10-5-3-2-4-6-10)17-12(8-18)14(20)15(13)21/h2-6,11-15,17-18,20-21H,7-8H2,1H3,(H,16,19)/t11-,12+,13-,14-,15-/m1/s1. The second-order valence-corrected chi connectivity index (χ2v) is 5.46. The molecule has 0 bridgehead atoms. The van der Waals surface area contributed by atoms with Gasteiger partial charge in [-0.05, 0) is 12.0 Å². The number of aliphatic hydroxyl groups is 3. The van der Waals surface area contributed by atoms with Crippen LogP contribution in [0.4, 0.5) is 0 Å². The Bertz CT molecular complexity index is 468. The first-order valence-corrected chi connectivity index (χ1v) is 7.07. The summed E-state index contributed by atoms with van der Waals surface area (Å²) in [5.74, 6) is -0.270. The molecule has 1 aromatic carbocycles. The minimum Gasteiger partial charge on any atom is -0.395 e. The summed E-state index contributed by atoms with van der Waals surface area (Å²) in [5.41, 5.74) is 1.05. The van der Waals surface area contributed by atoms with Crippen molar-refractivity contribution in [1.82, 2.24) is 10.6 Å². The first kappa shape index (κ1) is 15.9. The van der Waals surface area contributed by atoms with Crippen LogP contribution in [0.1, 0.15) is 12.5 Å². The first-order chi connectivity index (χ1) is 10.0. The summed E-state index contributed by atoms with van der Waals surface area (Å²) in [4.78, 5) is 11.3. The van der Waals surface area contributed by atoms with E-state index >= 15 is 0 Å². The number of rotatable bonds is 4. The zero-order valence-electron chi connectivity index (χ0n) is 11.9. The number of hydrogen-bond donors (Lipinski definition) is 5. The highest BCUT2D eigenvalue weighted by molar-refractivity contribution is 5.73. The summed E-state index contributed by atoms with van der Waals surface area (Å²) in [5, 5.41) is 35.3. The Kier molecular flexibility index (Phi) is 5.30. The molecule has 1 amide bonds. The van der Waals surface area contributed by atoms with E-state index in [0.29, 0.717) is 6.42 Å². The van der Waals surface area contributed by atoms with E-state index in [-0.39, 0.29) is 18.6 Å². The molecular weight excluding hydrogens is 272 g/mol. The molecule has 5 atom stereocenters. The van der Waals surface area contributed by atoms with Gasteiger partial charge in [0.1, 0.15) is 6.10 Å². The van der Waals surface area contributed by atoms with Gasteiger partial charge in [0.15, 0.2) is 0 Å². The molecule has 0 radical (unpaired) electrons. The highest BCUT2D eigenvalue weighted by Gasteiger charge is 2.43. The van der Waals surface area contributed by atoms with Crippen molar-refractivity contribution in [2.24, 2.45) is 0 Å². The summed E-state index contributed by atoms with van der Waals surface area (Å²) in [6.07, 6.45) is -1.67. The number of carbonyl (C=O) groups excluding carboxylic acids is 1. The minimum absolute atomic E-state index is 0.270. The molecule has 0 saturated carbocycles. The lowest BCUT2D eigenvalue weighted by Crippen LogP contribution is -2.70. The van der Waals surface area contributed by atoms with Crippen LogP contribution in [0.2, 0.25) is 0 Å². The van der Waals surface area contributed by atoms with E-state index in [2.05, 4.69) is 10.6 Å². The number of hydrogen-bond acceptors (Lipinski definition) is 5. The summed E-state index contributed by atoms with van der Waals surface area (Å²) in [7, 11) is 0. The van der Waals surface area contributed by atoms with Gasteiger partial charge < -0.3 is 26.0 Å². The number of nitrogens with one attached hydrogen (secondary N) is 2. The van der Waals surface area contributed by atoms with Gasteiger partial charge >= 0.3 is 0 Å². The molecule has 0 aromatic heterocycles. The summed E-state index contributed by atoms with van der Waals surface area (Å²) in [6, 6.07) is 8.17. The Labute approximate surface area is 123 Å². The quantitative estimate of drug-likeness (QED) is 0.479. The maximum atomic E-state index is 11.3. The van der Waals surface area contributed by atoms with E-state index in [0.717, 1.165) is 5.56 Å². The number of carbonyl (C=O) groups is 1. The predicted octanol–water partition coefficient (Wildman–Crippen LogP) is -1.21. The molecule has 2 rings (SSSR count). The van der Waals surface area contributed by atoms with Gasteiger partial charge in [-0.15, -0.1) is 0 Å². The van der Waals surface area contributed by atoms with Crippen LogP contribution in [0.5, 0.6) is 0 Å². The number of aliphatic hydroxyl groups excluding tert-OH is 3. The van der Waals surface area contributed by atoms with Crippen molar-refractivity contribution in [2.45, 2.75) is 43.7 Å². The van der Waals surface area contributed by atoms with Gasteiger partial charge in [-0.3, -0.25) is 4.79 Å². The second-order valence-electron chi connectivity index (χ2n) is 5.46. The molecule has 1 fully saturated rings. The molecule has 21 heavy (non-hydrogen) atoms. The molecule has 6 nitrogen and oxygen atoms in total. The van der Waals surface area contributed by atoms with Gasteiger partial charge in [-0.1, -0.05) is 30.3 Å². The normalized spacial score (nSPS) is 32.7. The lowest BCUT2D eigenvalue weighted by molar-refractivity contribution is -0.124. The maximum Gasteiger partial charge on any atom is 0.217 e. The number of benzene rings is 1. The van der Waals surface area contributed by atoms with Gasteiger partial charge in [0.25, 0.3) is 0 Å². The Morgan fingerprint density at radius 1 is 1.19 bits per heavy atom. The Morgan fingerprint density at radius 3 is 2.43 bits per heavy atom. The third-order valence-electron chi connectivity index (χ3n) is 3.86. The molecule has 116 valence electrons. The highest BCUT2D eigenvalue weighted by Crippen LogP contribution is 2.19. The Morgan fingerprint density at radius 2 is 1.86 bits per heavy atom. The van der Waals surface area contributed by atoms with Crippen molar-refractivity contribution in [3.63, 3.8) is 0 Å². The Hall–Kier alpha value is -1.47. The van der Waals surface area contributed by atoms with Crippen molar-refractivity contribution in [3.05, 3.63) is 35.9 Å². The van der Waals surface area contributed by atoms with Gasteiger partial charge in [0.2, 0.25) is 5.91 Å². The molecule has 1 heterocycles. The van der Waals surface area contributed by atoms with E-state index < -0.39 is 24.3 Å². The third-order valence-corrected chi connectivity index (χ3v) is 3.86. The fourth-order valence-electron chi connectivity index (χ4n) is 2.80. The number of piperidine rings is 1. The van der Waals surface area contributed by atoms with Crippen molar-refractivity contribution in [1.29, 1.82) is 0 Å². The second kappa shape index (κ2) is 7.00. The molecule has 5 N–H and O–H groups in total. The minimum atomic E-state index is -1.13. The molecule has 0 unspecified atom stereocenters. The first-order valence-electron chi connectivity index (χ1n) is 7.07. The van der Waals surface area contributed by atoms with Crippen molar-refractivity contribution < 1.29 is 20.1 Å². The Balaban J connectivity index is 2.18. The SMILES string of the molecule is CC(=O)N[C@H]1[C@@H](O)[C@H](O)[C@H](CO)N[C@@H]1Cc1ccccc1. The van der Waals surface area contributed by atoms with E-state index in [1.54, 1.807) is 0 Å². The molecule has 1 aliphatic heterocycles. The average Bonchev–Trinajstić information content (AvgIpc) is 2.47. The van der Waals surface area contributed by atoms with Gasteiger partial charge in [0, 0.05) is 13.0 Å². The molecule has 6 heteroatoms. The van der Waals surface area contributed by atoms with Crippen LogP contribution in [0.15, 0.2) is 30.3 Å². The fourth-order valence-corrected chi connectivity index (χ4v) is 2.80. The van der Waals surface area contributed by atoms with E-state index in [1.807, 2.05) is 30.3 Å². The van der Waals surface area contributed by atoms with Crippen LogP contribution in [-0.2, 0) is 11.2 Å². The molecule has 0 aliphatic carbocycles. The smallest absolute Gasteiger partial charge is 0.217 e. The molecule has 0 spiro atoms. The van der Waals surface area contributed by atoms with Crippen LogP contribution in [0.3, 0.4) is 0 Å². The van der Waals surface area contributed by atoms with Crippen molar-refractivity contribution >= 4 is 5.91 Å². The van der Waals surface area contributed by atoms with Gasteiger partial charge in [0.05, 0.1) is 24.8 Å².